The van der Waals surface area contributed by atoms with Crippen LogP contribution in [-0.4, -0.2) is 32.1 Å². The maximum atomic E-state index is 10.8. The van der Waals surface area contributed by atoms with Gasteiger partial charge in [-0.3, -0.25) is 4.98 Å². The van der Waals surface area contributed by atoms with Crippen LogP contribution >= 0.6 is 0 Å². The molecule has 1 saturated heterocycles. The maximum absolute atomic E-state index is 10.8. The SMILES string of the molecule is C[Si]1(C)CCN(c2cncc(C(=O)[O-])c2)CC1.[Li+]. The number of carbonyl (C=O) groups is 1. The van der Waals surface area contributed by atoms with Crippen molar-refractivity contribution in [3.63, 3.8) is 0 Å². The minimum absolute atomic E-state index is 0. The van der Waals surface area contributed by atoms with E-state index in [0.29, 0.717) is 0 Å². The van der Waals surface area contributed by atoms with Gasteiger partial charge in [0.05, 0.1) is 25.9 Å². The van der Waals surface area contributed by atoms with Gasteiger partial charge in [0, 0.05) is 24.8 Å². The smallest absolute Gasteiger partial charge is 0.545 e. The van der Waals surface area contributed by atoms with Crippen molar-refractivity contribution >= 4 is 19.7 Å². The molecular formula is C12H17LiN2O2Si. The second-order valence-corrected chi connectivity index (χ2v) is 10.7. The number of aromatic carboxylic acids is 1. The van der Waals surface area contributed by atoms with E-state index in [1.54, 1.807) is 12.3 Å². The van der Waals surface area contributed by atoms with E-state index in [2.05, 4.69) is 23.0 Å². The molecule has 2 rings (SSSR count). The summed E-state index contributed by atoms with van der Waals surface area (Å²) < 4.78 is 0. The molecule has 1 aromatic heterocycles. The number of hydrogen-bond donors (Lipinski definition) is 0. The van der Waals surface area contributed by atoms with E-state index in [1.807, 2.05) is 0 Å². The first kappa shape index (κ1) is 15.3. The molecule has 92 valence electrons. The van der Waals surface area contributed by atoms with Gasteiger partial charge in [-0.15, -0.1) is 0 Å². The van der Waals surface area contributed by atoms with Gasteiger partial charge in [-0.05, 0) is 18.2 Å². The van der Waals surface area contributed by atoms with E-state index in [-0.39, 0.29) is 24.4 Å². The fourth-order valence-corrected chi connectivity index (χ4v) is 4.08. The monoisotopic (exact) mass is 256 g/mol. The Kier molecular flexibility index (Phi) is 5.03. The maximum Gasteiger partial charge on any atom is 1.00 e. The van der Waals surface area contributed by atoms with Crippen LogP contribution in [0.1, 0.15) is 10.4 Å². The summed E-state index contributed by atoms with van der Waals surface area (Å²) >= 11 is 0. The zero-order chi connectivity index (χ0) is 12.5. The summed E-state index contributed by atoms with van der Waals surface area (Å²) in [5.74, 6) is -1.16. The molecular weight excluding hydrogens is 239 g/mol. The summed E-state index contributed by atoms with van der Waals surface area (Å²) in [7, 11) is -0.991. The number of hydrogen-bond acceptors (Lipinski definition) is 4. The van der Waals surface area contributed by atoms with Gasteiger partial charge in [0.25, 0.3) is 0 Å². The van der Waals surface area contributed by atoms with Crippen molar-refractivity contribution in [2.24, 2.45) is 0 Å². The van der Waals surface area contributed by atoms with Gasteiger partial charge in [0.1, 0.15) is 0 Å². The normalized spacial score (nSPS) is 18.0. The molecule has 0 aliphatic carbocycles. The molecule has 1 aliphatic rings. The Balaban J connectivity index is 0.00000162. The average Bonchev–Trinajstić information content (AvgIpc) is 2.29. The molecule has 0 amide bonds. The van der Waals surface area contributed by atoms with Crippen LogP contribution in [0.3, 0.4) is 0 Å². The molecule has 1 aliphatic heterocycles. The summed E-state index contributed by atoms with van der Waals surface area (Å²) in [4.78, 5) is 17.0. The van der Waals surface area contributed by atoms with Gasteiger partial charge in [-0.25, -0.2) is 0 Å². The zero-order valence-corrected chi connectivity index (χ0v) is 12.3. The molecule has 1 aromatic rings. The average molecular weight is 256 g/mol. The van der Waals surface area contributed by atoms with E-state index >= 15 is 0 Å². The van der Waals surface area contributed by atoms with Crippen molar-refractivity contribution in [3.05, 3.63) is 24.0 Å². The van der Waals surface area contributed by atoms with Crippen LogP contribution in [0.25, 0.3) is 0 Å². The molecule has 18 heavy (non-hydrogen) atoms. The number of carbonyl (C=O) groups excluding carboxylic acids is 1. The minimum atomic E-state index is -1.16. The Morgan fingerprint density at radius 1 is 1.33 bits per heavy atom. The molecule has 6 heteroatoms. The third-order valence-electron chi connectivity index (χ3n) is 3.44. The minimum Gasteiger partial charge on any atom is -0.545 e. The second kappa shape index (κ2) is 5.92. The molecule has 0 atom stereocenters. The number of rotatable bonds is 2. The second-order valence-electron chi connectivity index (χ2n) is 5.37. The van der Waals surface area contributed by atoms with Gasteiger partial charge in [0.2, 0.25) is 0 Å². The van der Waals surface area contributed by atoms with Crippen LogP contribution < -0.4 is 28.9 Å². The number of anilines is 1. The number of nitrogens with zero attached hydrogens (tertiary/aromatic N) is 2. The van der Waals surface area contributed by atoms with Crippen LogP contribution in [0, 0.1) is 0 Å². The van der Waals surface area contributed by atoms with Crippen molar-refractivity contribution in [1.82, 2.24) is 4.98 Å². The van der Waals surface area contributed by atoms with Gasteiger partial charge < -0.3 is 14.8 Å². The molecule has 0 spiro atoms. The van der Waals surface area contributed by atoms with Gasteiger partial charge in [0.15, 0.2) is 0 Å². The largest absolute Gasteiger partial charge is 1.00 e. The number of pyridine rings is 1. The Bertz CT molecular complexity index is 430. The summed E-state index contributed by atoms with van der Waals surface area (Å²) in [6, 6.07) is 4.16. The predicted octanol–water partition coefficient (Wildman–Crippen LogP) is -2.02. The van der Waals surface area contributed by atoms with Crippen molar-refractivity contribution in [2.45, 2.75) is 25.2 Å². The van der Waals surface area contributed by atoms with Crippen LogP contribution in [0.5, 0.6) is 0 Å². The topological polar surface area (TPSA) is 56.3 Å². The summed E-state index contributed by atoms with van der Waals surface area (Å²) in [5.41, 5.74) is 1.06. The molecule has 0 bridgehead atoms. The number of carboxylic acids is 1. The summed E-state index contributed by atoms with van der Waals surface area (Å²) in [5, 5.41) is 10.8. The zero-order valence-electron chi connectivity index (χ0n) is 11.3. The van der Waals surface area contributed by atoms with E-state index in [0.717, 1.165) is 18.8 Å². The van der Waals surface area contributed by atoms with Crippen LogP contribution in [0.15, 0.2) is 18.5 Å². The first-order chi connectivity index (χ1) is 7.98. The standard InChI is InChI=1S/C12H18N2O2Si.Li/c1-17(2)5-3-14(4-6-17)11-7-10(12(15)16)8-13-9-11;/h7-9H,3-6H2,1-2H3,(H,15,16);/q;+1/p-1. The van der Waals surface area contributed by atoms with Crippen LogP contribution in [-0.2, 0) is 0 Å². The van der Waals surface area contributed by atoms with E-state index in [9.17, 15) is 9.90 Å². The van der Waals surface area contributed by atoms with Gasteiger partial charge >= 0.3 is 18.9 Å². The Hall–Kier alpha value is -0.766. The quantitative estimate of drug-likeness (QED) is 0.573. The fraction of sp³-hybridized carbons (Fsp3) is 0.500. The third-order valence-corrected chi connectivity index (χ3v) is 6.60. The first-order valence-electron chi connectivity index (χ1n) is 5.89. The van der Waals surface area contributed by atoms with E-state index < -0.39 is 14.0 Å². The molecule has 4 nitrogen and oxygen atoms in total. The first-order valence-corrected chi connectivity index (χ1v) is 9.31. The van der Waals surface area contributed by atoms with Crippen LogP contribution in [0.2, 0.25) is 25.2 Å². The molecule has 0 N–H and O–H groups in total. The van der Waals surface area contributed by atoms with Crippen molar-refractivity contribution in [2.75, 3.05) is 18.0 Å². The van der Waals surface area contributed by atoms with Gasteiger partial charge in [-0.1, -0.05) is 13.1 Å². The van der Waals surface area contributed by atoms with Crippen molar-refractivity contribution < 1.29 is 28.8 Å². The van der Waals surface area contributed by atoms with Gasteiger partial charge in [-0.2, -0.15) is 0 Å². The molecule has 0 saturated carbocycles. The molecule has 2 heterocycles. The third kappa shape index (κ3) is 3.61. The van der Waals surface area contributed by atoms with Crippen LogP contribution in [0.4, 0.5) is 5.69 Å². The Morgan fingerprint density at radius 2 is 1.94 bits per heavy atom. The fourth-order valence-electron chi connectivity index (χ4n) is 2.08. The number of carboxylic acid groups (broad SMARTS) is 1. The van der Waals surface area contributed by atoms with Crippen molar-refractivity contribution in [3.8, 4) is 0 Å². The Morgan fingerprint density at radius 3 is 2.50 bits per heavy atom. The molecule has 0 unspecified atom stereocenters. The van der Waals surface area contributed by atoms with E-state index in [1.165, 1.54) is 18.3 Å². The Labute approximate surface area is 121 Å². The molecule has 0 radical (unpaired) electrons. The summed E-state index contributed by atoms with van der Waals surface area (Å²) in [6.07, 6.45) is 3.06. The molecule has 1 fully saturated rings. The van der Waals surface area contributed by atoms with Crippen molar-refractivity contribution in [1.29, 1.82) is 0 Å². The molecule has 0 aromatic carbocycles. The van der Waals surface area contributed by atoms with E-state index in [4.69, 9.17) is 0 Å². The summed E-state index contributed by atoms with van der Waals surface area (Å²) in [6.45, 7) is 6.83. The predicted molar refractivity (Wildman–Crippen MR) is 67.9 cm³/mol. The number of aromatic nitrogens is 1.